The molecule has 2 rings (SSSR count). The van der Waals surface area contributed by atoms with E-state index in [1.165, 1.54) is 0 Å². The zero-order valence-electron chi connectivity index (χ0n) is 10.6. The van der Waals surface area contributed by atoms with E-state index in [-0.39, 0.29) is 12.0 Å². The minimum atomic E-state index is -0.713. The monoisotopic (exact) mass is 237 g/mol. The Labute approximate surface area is 101 Å². The van der Waals surface area contributed by atoms with Crippen LogP contribution in [-0.2, 0) is 4.79 Å². The SMILES string of the molecule is Cc1nc(C)n(C2CC(C)CCC2C(=O)O)n1. The van der Waals surface area contributed by atoms with Gasteiger partial charge in [-0.25, -0.2) is 9.67 Å². The summed E-state index contributed by atoms with van der Waals surface area (Å²) in [5.41, 5.74) is 0. The summed E-state index contributed by atoms with van der Waals surface area (Å²) >= 11 is 0. The van der Waals surface area contributed by atoms with Crippen LogP contribution in [0, 0.1) is 25.7 Å². The molecule has 1 saturated carbocycles. The van der Waals surface area contributed by atoms with E-state index in [4.69, 9.17) is 0 Å². The molecule has 0 spiro atoms. The van der Waals surface area contributed by atoms with Crippen LogP contribution in [0.4, 0.5) is 0 Å². The molecule has 1 heterocycles. The van der Waals surface area contributed by atoms with Gasteiger partial charge in [0.15, 0.2) is 0 Å². The molecule has 0 aliphatic heterocycles. The smallest absolute Gasteiger partial charge is 0.308 e. The standard InChI is InChI=1S/C12H19N3O2/c1-7-4-5-10(12(16)17)11(6-7)15-9(3)13-8(2)14-15/h7,10-11H,4-6H2,1-3H3,(H,16,17). The minimum Gasteiger partial charge on any atom is -0.481 e. The van der Waals surface area contributed by atoms with E-state index >= 15 is 0 Å². The van der Waals surface area contributed by atoms with Crippen molar-refractivity contribution in [3.63, 3.8) is 0 Å². The van der Waals surface area contributed by atoms with E-state index in [1.807, 2.05) is 18.5 Å². The molecule has 0 radical (unpaired) electrons. The Kier molecular flexibility index (Phi) is 3.17. The third kappa shape index (κ3) is 2.33. The van der Waals surface area contributed by atoms with Crippen LogP contribution in [0.3, 0.4) is 0 Å². The van der Waals surface area contributed by atoms with Crippen molar-refractivity contribution >= 4 is 5.97 Å². The number of nitrogens with zero attached hydrogens (tertiary/aromatic N) is 3. The van der Waals surface area contributed by atoms with Gasteiger partial charge in [0.25, 0.3) is 0 Å². The van der Waals surface area contributed by atoms with Gasteiger partial charge in [-0.2, -0.15) is 5.10 Å². The van der Waals surface area contributed by atoms with Crippen LogP contribution >= 0.6 is 0 Å². The van der Waals surface area contributed by atoms with Gasteiger partial charge < -0.3 is 5.11 Å². The summed E-state index contributed by atoms with van der Waals surface area (Å²) in [6.07, 6.45) is 2.60. The van der Waals surface area contributed by atoms with Crippen molar-refractivity contribution in [3.8, 4) is 0 Å². The molecule has 0 saturated heterocycles. The third-order valence-electron chi connectivity index (χ3n) is 3.62. The first kappa shape index (κ1) is 12.1. The van der Waals surface area contributed by atoms with E-state index in [0.717, 1.165) is 25.1 Å². The van der Waals surface area contributed by atoms with Gasteiger partial charge in [-0.15, -0.1) is 0 Å². The average molecular weight is 237 g/mol. The van der Waals surface area contributed by atoms with Crippen molar-refractivity contribution in [2.45, 2.75) is 46.1 Å². The number of aryl methyl sites for hydroxylation is 2. The van der Waals surface area contributed by atoms with Gasteiger partial charge in [0, 0.05) is 0 Å². The Hall–Kier alpha value is -1.39. The van der Waals surface area contributed by atoms with Crippen LogP contribution in [0.1, 0.15) is 43.9 Å². The van der Waals surface area contributed by atoms with Crippen LogP contribution in [0.25, 0.3) is 0 Å². The van der Waals surface area contributed by atoms with Gasteiger partial charge in [-0.1, -0.05) is 6.92 Å². The molecule has 5 nitrogen and oxygen atoms in total. The number of carboxylic acid groups (broad SMARTS) is 1. The van der Waals surface area contributed by atoms with Gasteiger partial charge in [0.05, 0.1) is 12.0 Å². The predicted octanol–water partition coefficient (Wildman–Crippen LogP) is 1.96. The normalized spacial score (nSPS) is 29.2. The van der Waals surface area contributed by atoms with Crippen molar-refractivity contribution in [2.75, 3.05) is 0 Å². The van der Waals surface area contributed by atoms with Gasteiger partial charge >= 0.3 is 5.97 Å². The Morgan fingerprint density at radius 3 is 2.65 bits per heavy atom. The number of aliphatic carboxylic acids is 1. The fraction of sp³-hybridized carbons (Fsp3) is 0.750. The quantitative estimate of drug-likeness (QED) is 0.853. The fourth-order valence-corrected chi connectivity index (χ4v) is 2.76. The Bertz CT molecular complexity index is 427. The van der Waals surface area contributed by atoms with Gasteiger partial charge in [0.2, 0.25) is 0 Å². The number of rotatable bonds is 2. The Morgan fingerprint density at radius 2 is 2.12 bits per heavy atom. The molecular formula is C12H19N3O2. The van der Waals surface area contributed by atoms with Crippen LogP contribution in [0.2, 0.25) is 0 Å². The summed E-state index contributed by atoms with van der Waals surface area (Å²) in [5.74, 6) is 1.04. The second-order valence-corrected chi connectivity index (χ2v) is 5.08. The van der Waals surface area contributed by atoms with Crippen LogP contribution in [-0.4, -0.2) is 25.8 Å². The molecule has 3 unspecified atom stereocenters. The maximum Gasteiger partial charge on any atom is 0.308 e. The largest absolute Gasteiger partial charge is 0.481 e. The molecule has 5 heteroatoms. The molecule has 1 fully saturated rings. The lowest BCUT2D eigenvalue weighted by Gasteiger charge is -2.32. The topological polar surface area (TPSA) is 68.0 Å². The lowest BCUT2D eigenvalue weighted by molar-refractivity contribution is -0.145. The zero-order chi connectivity index (χ0) is 12.6. The predicted molar refractivity (Wildman–Crippen MR) is 62.7 cm³/mol. The van der Waals surface area contributed by atoms with Crippen molar-refractivity contribution in [1.29, 1.82) is 0 Å². The van der Waals surface area contributed by atoms with Crippen LogP contribution in [0.15, 0.2) is 0 Å². The molecule has 0 bridgehead atoms. The second kappa shape index (κ2) is 4.47. The number of carboxylic acids is 1. The highest BCUT2D eigenvalue weighted by atomic mass is 16.4. The summed E-state index contributed by atoms with van der Waals surface area (Å²) < 4.78 is 1.81. The van der Waals surface area contributed by atoms with E-state index in [1.54, 1.807) is 0 Å². The first-order valence-corrected chi connectivity index (χ1v) is 6.11. The summed E-state index contributed by atoms with van der Waals surface area (Å²) in [7, 11) is 0. The number of hydrogen-bond donors (Lipinski definition) is 1. The van der Waals surface area contributed by atoms with Gasteiger partial charge in [0.1, 0.15) is 11.6 Å². The highest BCUT2D eigenvalue weighted by Crippen LogP contribution is 2.37. The molecule has 3 atom stereocenters. The van der Waals surface area contributed by atoms with Crippen LogP contribution in [0.5, 0.6) is 0 Å². The first-order valence-electron chi connectivity index (χ1n) is 6.11. The molecule has 0 aromatic carbocycles. The Morgan fingerprint density at radius 1 is 1.41 bits per heavy atom. The van der Waals surface area contributed by atoms with Crippen LogP contribution < -0.4 is 0 Å². The van der Waals surface area contributed by atoms with Gasteiger partial charge in [-0.05, 0) is 39.0 Å². The van der Waals surface area contributed by atoms with Crippen molar-refractivity contribution < 1.29 is 9.90 Å². The molecular weight excluding hydrogens is 218 g/mol. The number of aromatic nitrogens is 3. The number of carbonyl (C=O) groups is 1. The van der Waals surface area contributed by atoms with Crippen molar-refractivity contribution in [3.05, 3.63) is 11.6 Å². The maximum absolute atomic E-state index is 11.3. The lowest BCUT2D eigenvalue weighted by Crippen LogP contribution is -2.33. The summed E-state index contributed by atoms with van der Waals surface area (Å²) in [4.78, 5) is 15.6. The molecule has 1 aliphatic rings. The molecule has 0 amide bonds. The summed E-state index contributed by atoms with van der Waals surface area (Å²) in [5, 5.41) is 13.6. The highest BCUT2D eigenvalue weighted by molar-refractivity contribution is 5.70. The van der Waals surface area contributed by atoms with E-state index < -0.39 is 5.97 Å². The zero-order valence-corrected chi connectivity index (χ0v) is 10.6. The number of hydrogen-bond acceptors (Lipinski definition) is 3. The molecule has 1 aliphatic carbocycles. The third-order valence-corrected chi connectivity index (χ3v) is 3.62. The summed E-state index contributed by atoms with van der Waals surface area (Å²) in [6, 6.07) is -0.0440. The van der Waals surface area contributed by atoms with E-state index in [0.29, 0.717) is 11.7 Å². The average Bonchev–Trinajstić information content (AvgIpc) is 2.57. The van der Waals surface area contributed by atoms with Crippen molar-refractivity contribution in [1.82, 2.24) is 14.8 Å². The molecule has 1 aromatic rings. The minimum absolute atomic E-state index is 0.0440. The molecule has 1 aromatic heterocycles. The Balaban J connectivity index is 2.32. The molecule has 1 N–H and O–H groups in total. The highest BCUT2D eigenvalue weighted by Gasteiger charge is 2.36. The van der Waals surface area contributed by atoms with E-state index in [9.17, 15) is 9.90 Å². The maximum atomic E-state index is 11.3. The lowest BCUT2D eigenvalue weighted by atomic mass is 9.79. The molecule has 94 valence electrons. The van der Waals surface area contributed by atoms with Crippen molar-refractivity contribution in [2.24, 2.45) is 11.8 Å². The molecule has 17 heavy (non-hydrogen) atoms. The van der Waals surface area contributed by atoms with E-state index in [2.05, 4.69) is 17.0 Å². The fourth-order valence-electron chi connectivity index (χ4n) is 2.76. The second-order valence-electron chi connectivity index (χ2n) is 5.08. The van der Waals surface area contributed by atoms with Gasteiger partial charge in [-0.3, -0.25) is 4.79 Å². The first-order chi connectivity index (χ1) is 7.99. The summed E-state index contributed by atoms with van der Waals surface area (Å²) in [6.45, 7) is 5.90.